The molecule has 3 heteroatoms. The maximum Gasteiger partial charge on any atom is 0.122 e. The fraction of sp³-hybridized carbons (Fsp3) is 0.571. The molecule has 1 aromatic rings. The SMILES string of the molecule is COc1ccccc1CC(C)NCC(C)OC. The molecule has 0 spiro atoms. The molecular formula is C14H23NO2. The molecule has 1 N–H and O–H groups in total. The highest BCUT2D eigenvalue weighted by atomic mass is 16.5. The number of benzene rings is 1. The summed E-state index contributed by atoms with van der Waals surface area (Å²) in [5, 5.41) is 3.45. The predicted octanol–water partition coefficient (Wildman–Crippen LogP) is 2.25. The second-order valence-electron chi connectivity index (χ2n) is 4.37. The van der Waals surface area contributed by atoms with Gasteiger partial charge in [0, 0.05) is 19.7 Å². The Balaban J connectivity index is 2.47. The average molecular weight is 237 g/mol. The van der Waals surface area contributed by atoms with Gasteiger partial charge in [-0.15, -0.1) is 0 Å². The topological polar surface area (TPSA) is 30.5 Å². The summed E-state index contributed by atoms with van der Waals surface area (Å²) in [6.07, 6.45) is 1.20. The van der Waals surface area contributed by atoms with Gasteiger partial charge < -0.3 is 14.8 Å². The number of hydrogen-bond donors (Lipinski definition) is 1. The predicted molar refractivity (Wildman–Crippen MR) is 70.6 cm³/mol. The molecule has 2 unspecified atom stereocenters. The van der Waals surface area contributed by atoms with Gasteiger partial charge in [-0.3, -0.25) is 0 Å². The Hall–Kier alpha value is -1.06. The highest BCUT2D eigenvalue weighted by Crippen LogP contribution is 2.18. The van der Waals surface area contributed by atoms with Crippen LogP contribution in [0.4, 0.5) is 0 Å². The first-order valence-electron chi connectivity index (χ1n) is 6.05. The molecule has 17 heavy (non-hydrogen) atoms. The number of hydrogen-bond acceptors (Lipinski definition) is 3. The van der Waals surface area contributed by atoms with Crippen LogP contribution in [0.15, 0.2) is 24.3 Å². The minimum Gasteiger partial charge on any atom is -0.496 e. The van der Waals surface area contributed by atoms with E-state index >= 15 is 0 Å². The van der Waals surface area contributed by atoms with E-state index in [4.69, 9.17) is 9.47 Å². The molecule has 0 aliphatic carbocycles. The van der Waals surface area contributed by atoms with Crippen LogP contribution in [-0.2, 0) is 11.2 Å². The van der Waals surface area contributed by atoms with E-state index in [1.54, 1.807) is 14.2 Å². The lowest BCUT2D eigenvalue weighted by Gasteiger charge is -2.18. The van der Waals surface area contributed by atoms with Crippen molar-refractivity contribution in [1.82, 2.24) is 5.32 Å². The van der Waals surface area contributed by atoms with E-state index in [0.717, 1.165) is 18.7 Å². The molecule has 3 nitrogen and oxygen atoms in total. The lowest BCUT2D eigenvalue weighted by atomic mass is 10.1. The van der Waals surface area contributed by atoms with Gasteiger partial charge in [-0.1, -0.05) is 18.2 Å². The Morgan fingerprint density at radius 2 is 1.88 bits per heavy atom. The molecule has 1 rings (SSSR count). The van der Waals surface area contributed by atoms with Crippen molar-refractivity contribution < 1.29 is 9.47 Å². The smallest absolute Gasteiger partial charge is 0.122 e. The number of para-hydroxylation sites is 1. The van der Waals surface area contributed by atoms with Crippen LogP contribution in [0.3, 0.4) is 0 Å². The Bertz CT molecular complexity index is 328. The molecule has 0 heterocycles. The van der Waals surface area contributed by atoms with E-state index in [9.17, 15) is 0 Å². The first-order valence-corrected chi connectivity index (χ1v) is 6.05. The molecule has 0 radical (unpaired) electrons. The Morgan fingerprint density at radius 1 is 1.18 bits per heavy atom. The summed E-state index contributed by atoms with van der Waals surface area (Å²) in [5.74, 6) is 0.959. The third-order valence-electron chi connectivity index (χ3n) is 2.87. The molecular weight excluding hydrogens is 214 g/mol. The van der Waals surface area contributed by atoms with Gasteiger partial charge in [-0.2, -0.15) is 0 Å². The fourth-order valence-corrected chi connectivity index (χ4v) is 1.72. The quantitative estimate of drug-likeness (QED) is 0.789. The molecule has 2 atom stereocenters. The Kier molecular flexibility index (Phi) is 6.01. The minimum absolute atomic E-state index is 0.245. The van der Waals surface area contributed by atoms with Crippen LogP contribution in [0, 0.1) is 0 Å². The maximum absolute atomic E-state index is 5.34. The van der Waals surface area contributed by atoms with Crippen molar-refractivity contribution in [2.75, 3.05) is 20.8 Å². The molecule has 0 aliphatic heterocycles. The van der Waals surface area contributed by atoms with Gasteiger partial charge in [0.05, 0.1) is 13.2 Å². The van der Waals surface area contributed by atoms with Gasteiger partial charge in [-0.05, 0) is 31.9 Å². The van der Waals surface area contributed by atoms with Gasteiger partial charge in [0.1, 0.15) is 5.75 Å². The summed E-state index contributed by atoms with van der Waals surface area (Å²) in [5.41, 5.74) is 1.24. The van der Waals surface area contributed by atoms with E-state index in [2.05, 4.69) is 25.2 Å². The zero-order valence-corrected chi connectivity index (χ0v) is 11.2. The highest BCUT2D eigenvalue weighted by Gasteiger charge is 2.08. The van der Waals surface area contributed by atoms with E-state index in [1.165, 1.54) is 5.56 Å². The lowest BCUT2D eigenvalue weighted by Crippen LogP contribution is -2.34. The van der Waals surface area contributed by atoms with Crippen molar-refractivity contribution in [3.63, 3.8) is 0 Å². The van der Waals surface area contributed by atoms with Gasteiger partial charge in [-0.25, -0.2) is 0 Å². The number of ether oxygens (including phenoxy) is 2. The lowest BCUT2D eigenvalue weighted by molar-refractivity contribution is 0.115. The number of rotatable bonds is 7. The normalized spacial score (nSPS) is 14.4. The molecule has 0 bridgehead atoms. The number of nitrogens with one attached hydrogen (secondary N) is 1. The van der Waals surface area contributed by atoms with Crippen LogP contribution in [0.25, 0.3) is 0 Å². The zero-order chi connectivity index (χ0) is 12.7. The van der Waals surface area contributed by atoms with Crippen molar-refractivity contribution in [2.45, 2.75) is 32.4 Å². The monoisotopic (exact) mass is 237 g/mol. The molecule has 0 fully saturated rings. The van der Waals surface area contributed by atoms with Crippen molar-refractivity contribution >= 4 is 0 Å². The summed E-state index contributed by atoms with van der Waals surface area (Å²) in [6.45, 7) is 5.10. The fourth-order valence-electron chi connectivity index (χ4n) is 1.72. The molecule has 0 aliphatic rings. The van der Waals surface area contributed by atoms with E-state index in [0.29, 0.717) is 6.04 Å². The van der Waals surface area contributed by atoms with Gasteiger partial charge in [0.15, 0.2) is 0 Å². The van der Waals surface area contributed by atoms with Crippen molar-refractivity contribution in [2.24, 2.45) is 0 Å². The number of methoxy groups -OCH3 is 2. The van der Waals surface area contributed by atoms with Crippen LogP contribution in [0.5, 0.6) is 5.75 Å². The van der Waals surface area contributed by atoms with Gasteiger partial charge >= 0.3 is 0 Å². The van der Waals surface area contributed by atoms with E-state index < -0.39 is 0 Å². The van der Waals surface area contributed by atoms with Crippen LogP contribution < -0.4 is 10.1 Å². The molecule has 0 aromatic heterocycles. The van der Waals surface area contributed by atoms with Gasteiger partial charge in [0.2, 0.25) is 0 Å². The third kappa shape index (κ3) is 4.75. The molecule has 96 valence electrons. The Labute approximate surface area is 104 Å². The zero-order valence-electron chi connectivity index (χ0n) is 11.2. The highest BCUT2D eigenvalue weighted by molar-refractivity contribution is 5.33. The molecule has 0 saturated heterocycles. The second kappa shape index (κ2) is 7.30. The van der Waals surface area contributed by atoms with E-state index in [1.807, 2.05) is 18.2 Å². The Morgan fingerprint density at radius 3 is 2.53 bits per heavy atom. The molecule has 0 saturated carbocycles. The van der Waals surface area contributed by atoms with Crippen LogP contribution in [0.2, 0.25) is 0 Å². The standard InChI is InChI=1S/C14H23NO2/c1-11(15-10-12(2)16-3)9-13-7-5-6-8-14(13)17-4/h5-8,11-12,15H,9-10H2,1-4H3. The summed E-state index contributed by atoms with van der Waals surface area (Å²) in [7, 11) is 3.45. The van der Waals surface area contributed by atoms with Crippen LogP contribution in [0.1, 0.15) is 19.4 Å². The van der Waals surface area contributed by atoms with E-state index in [-0.39, 0.29) is 6.10 Å². The third-order valence-corrected chi connectivity index (χ3v) is 2.87. The molecule has 0 amide bonds. The summed E-state index contributed by atoms with van der Waals surface area (Å²) in [4.78, 5) is 0. The van der Waals surface area contributed by atoms with Crippen LogP contribution >= 0.6 is 0 Å². The second-order valence-corrected chi connectivity index (χ2v) is 4.37. The largest absolute Gasteiger partial charge is 0.496 e. The van der Waals surface area contributed by atoms with Crippen molar-refractivity contribution in [3.05, 3.63) is 29.8 Å². The summed E-state index contributed by atoms with van der Waals surface area (Å²) in [6, 6.07) is 8.55. The first-order chi connectivity index (χ1) is 8.17. The van der Waals surface area contributed by atoms with Crippen LogP contribution in [-0.4, -0.2) is 32.9 Å². The minimum atomic E-state index is 0.245. The van der Waals surface area contributed by atoms with Crippen molar-refractivity contribution in [3.8, 4) is 5.75 Å². The van der Waals surface area contributed by atoms with Crippen molar-refractivity contribution in [1.29, 1.82) is 0 Å². The van der Waals surface area contributed by atoms with Gasteiger partial charge in [0.25, 0.3) is 0 Å². The maximum atomic E-state index is 5.34. The molecule has 1 aromatic carbocycles. The first kappa shape index (κ1) is 14.0. The summed E-state index contributed by atoms with van der Waals surface area (Å²) >= 11 is 0. The average Bonchev–Trinajstić information content (AvgIpc) is 2.36. The summed E-state index contributed by atoms with van der Waals surface area (Å²) < 4.78 is 10.5.